The third-order valence-electron chi connectivity index (χ3n) is 6.35. The van der Waals surface area contributed by atoms with E-state index in [9.17, 15) is 27.6 Å². The topological polar surface area (TPSA) is 73.0 Å². The van der Waals surface area contributed by atoms with Gasteiger partial charge < -0.3 is 15.1 Å². The minimum absolute atomic E-state index is 0.0452. The number of halogens is 3. The van der Waals surface area contributed by atoms with Gasteiger partial charge in [-0.1, -0.05) is 38.1 Å². The molecule has 4 amide bonds. The van der Waals surface area contributed by atoms with Gasteiger partial charge in [-0.25, -0.2) is 4.79 Å². The van der Waals surface area contributed by atoms with Gasteiger partial charge in [-0.15, -0.1) is 6.58 Å². The molecule has 2 atom stereocenters. The van der Waals surface area contributed by atoms with Crippen molar-refractivity contribution in [2.75, 3.05) is 26.7 Å². The van der Waals surface area contributed by atoms with E-state index in [1.54, 1.807) is 7.05 Å². The lowest BCUT2D eigenvalue weighted by Crippen LogP contribution is -2.49. The number of nitrogens with one attached hydrogen (secondary N) is 1. The number of hydrogen-bond acceptors (Lipinski definition) is 3. The molecular weight excluding hydrogens is 461 g/mol. The molecule has 0 aliphatic carbocycles. The lowest BCUT2D eigenvalue weighted by molar-refractivity contribution is -0.142. The number of nitrogens with zero attached hydrogens (tertiary/aromatic N) is 3. The summed E-state index contributed by atoms with van der Waals surface area (Å²) in [6.07, 6.45) is -2.83. The molecule has 0 unspecified atom stereocenters. The average molecular weight is 493 g/mol. The summed E-state index contributed by atoms with van der Waals surface area (Å²) in [5.74, 6) is -0.735. The van der Waals surface area contributed by atoms with E-state index in [1.165, 1.54) is 39.0 Å². The molecule has 2 aliphatic heterocycles. The highest BCUT2D eigenvalue weighted by atomic mass is 19.4. The van der Waals surface area contributed by atoms with E-state index in [2.05, 4.69) is 11.9 Å². The zero-order valence-corrected chi connectivity index (χ0v) is 20.4. The molecule has 10 heteroatoms. The molecule has 1 aromatic rings. The van der Waals surface area contributed by atoms with Crippen LogP contribution in [0.4, 0.5) is 18.0 Å². The van der Waals surface area contributed by atoms with Crippen LogP contribution in [0.5, 0.6) is 0 Å². The second-order valence-electron chi connectivity index (χ2n) is 9.16. The Kier molecular flexibility index (Phi) is 7.62. The SMILES string of the molecule is C=CCN1C(=O)N[C@@H](c2ccccc2C(F)(F)F)C2=C1CN([C@H](CC(C)C)C(=O)N(C)CC)C2=O. The van der Waals surface area contributed by atoms with Crippen LogP contribution in [-0.2, 0) is 15.8 Å². The summed E-state index contributed by atoms with van der Waals surface area (Å²) >= 11 is 0. The van der Waals surface area contributed by atoms with Gasteiger partial charge in [0, 0.05) is 20.1 Å². The van der Waals surface area contributed by atoms with E-state index in [0.717, 1.165) is 6.07 Å². The third-order valence-corrected chi connectivity index (χ3v) is 6.35. The fraction of sp³-hybridized carbons (Fsp3) is 0.480. The molecule has 0 spiro atoms. The van der Waals surface area contributed by atoms with Crippen LogP contribution in [0, 0.1) is 5.92 Å². The average Bonchev–Trinajstić information content (AvgIpc) is 3.14. The Hall–Kier alpha value is -3.30. The number of hydrogen-bond donors (Lipinski definition) is 1. The van der Waals surface area contributed by atoms with E-state index in [4.69, 9.17) is 0 Å². The minimum atomic E-state index is -4.68. The largest absolute Gasteiger partial charge is 0.416 e. The predicted molar refractivity (Wildman–Crippen MR) is 125 cm³/mol. The smallest absolute Gasteiger partial charge is 0.344 e. The zero-order valence-electron chi connectivity index (χ0n) is 20.4. The highest BCUT2D eigenvalue weighted by molar-refractivity contribution is 6.03. The maximum absolute atomic E-state index is 13.8. The van der Waals surface area contributed by atoms with E-state index >= 15 is 0 Å². The molecule has 0 saturated carbocycles. The highest BCUT2D eigenvalue weighted by Gasteiger charge is 2.49. The van der Waals surface area contributed by atoms with Gasteiger partial charge in [0.2, 0.25) is 5.91 Å². The predicted octanol–water partition coefficient (Wildman–Crippen LogP) is 3.95. The molecular formula is C25H31F3N4O3. The van der Waals surface area contributed by atoms with Crippen LogP contribution in [-0.4, -0.2) is 65.3 Å². The Morgan fingerprint density at radius 3 is 2.51 bits per heavy atom. The maximum atomic E-state index is 13.8. The molecule has 2 heterocycles. The molecule has 3 rings (SSSR count). The second kappa shape index (κ2) is 10.1. The molecule has 0 aromatic heterocycles. The Labute approximate surface area is 203 Å². The summed E-state index contributed by atoms with van der Waals surface area (Å²) in [4.78, 5) is 44.2. The molecule has 1 N–H and O–H groups in total. The van der Waals surface area contributed by atoms with E-state index in [0.29, 0.717) is 18.7 Å². The molecule has 0 radical (unpaired) electrons. The van der Waals surface area contributed by atoms with Gasteiger partial charge in [-0.2, -0.15) is 13.2 Å². The molecule has 190 valence electrons. The van der Waals surface area contributed by atoms with Gasteiger partial charge in [0.1, 0.15) is 6.04 Å². The number of alkyl halides is 3. The summed E-state index contributed by atoms with van der Waals surface area (Å²) in [5.41, 5.74) is -0.807. The van der Waals surface area contributed by atoms with Crippen molar-refractivity contribution in [2.24, 2.45) is 5.92 Å². The number of benzene rings is 1. The van der Waals surface area contributed by atoms with Crippen LogP contribution in [0.15, 0.2) is 48.2 Å². The van der Waals surface area contributed by atoms with Crippen molar-refractivity contribution in [1.29, 1.82) is 0 Å². The summed E-state index contributed by atoms with van der Waals surface area (Å²) in [5, 5.41) is 2.58. The standard InChI is InChI=1S/C25H31F3N4O3/c1-6-12-31-19-14-32(18(13-15(3)4)22(33)30(5)7-2)23(34)20(19)21(29-24(31)35)16-10-8-9-11-17(16)25(26,27)28/h6,8-11,15,18,21H,1,7,12-14H2,2-5H3,(H,29,35)/t18-,21+/m1/s1. The van der Waals surface area contributed by atoms with Gasteiger partial charge in [0.05, 0.1) is 29.4 Å². The number of likely N-dealkylation sites (N-methyl/N-ethyl adjacent to an activating group) is 1. The van der Waals surface area contributed by atoms with Crippen molar-refractivity contribution in [1.82, 2.24) is 20.0 Å². The van der Waals surface area contributed by atoms with E-state index < -0.39 is 35.8 Å². The second-order valence-corrected chi connectivity index (χ2v) is 9.16. The summed E-state index contributed by atoms with van der Waals surface area (Å²) in [7, 11) is 1.64. The molecule has 7 nitrogen and oxygen atoms in total. The fourth-order valence-corrected chi connectivity index (χ4v) is 4.55. The van der Waals surface area contributed by atoms with Crippen molar-refractivity contribution < 1.29 is 27.6 Å². The molecule has 2 aliphatic rings. The van der Waals surface area contributed by atoms with Gasteiger partial charge in [0.15, 0.2) is 0 Å². The zero-order chi connectivity index (χ0) is 26.1. The first-order valence-electron chi connectivity index (χ1n) is 11.6. The van der Waals surface area contributed by atoms with Crippen molar-refractivity contribution in [3.63, 3.8) is 0 Å². The van der Waals surface area contributed by atoms with E-state index in [-0.39, 0.29) is 36.1 Å². The van der Waals surface area contributed by atoms with Crippen LogP contribution in [0.3, 0.4) is 0 Å². The van der Waals surface area contributed by atoms with Crippen molar-refractivity contribution in [3.05, 3.63) is 59.3 Å². The normalized spacial score (nSPS) is 19.1. The summed E-state index contributed by atoms with van der Waals surface area (Å²) in [6, 6.07) is 2.15. The highest BCUT2D eigenvalue weighted by Crippen LogP contribution is 2.42. The molecule has 0 fully saturated rings. The van der Waals surface area contributed by atoms with Crippen LogP contribution in [0.1, 0.15) is 44.4 Å². The minimum Gasteiger partial charge on any atom is -0.344 e. The number of amides is 4. The van der Waals surface area contributed by atoms with Crippen molar-refractivity contribution in [2.45, 2.75) is 45.5 Å². The van der Waals surface area contributed by atoms with E-state index in [1.807, 2.05) is 20.8 Å². The van der Waals surface area contributed by atoms with Crippen LogP contribution in [0.2, 0.25) is 0 Å². The van der Waals surface area contributed by atoms with Crippen LogP contribution in [0.25, 0.3) is 0 Å². The van der Waals surface area contributed by atoms with Gasteiger partial charge in [0.25, 0.3) is 5.91 Å². The van der Waals surface area contributed by atoms with Gasteiger partial charge >= 0.3 is 12.2 Å². The fourth-order valence-electron chi connectivity index (χ4n) is 4.55. The van der Waals surface area contributed by atoms with Crippen molar-refractivity contribution in [3.8, 4) is 0 Å². The van der Waals surface area contributed by atoms with Crippen LogP contribution >= 0.6 is 0 Å². The quantitative estimate of drug-likeness (QED) is 0.559. The first kappa shape index (κ1) is 26.3. The van der Waals surface area contributed by atoms with Gasteiger partial charge in [-0.05, 0) is 30.9 Å². The maximum Gasteiger partial charge on any atom is 0.416 e. The Morgan fingerprint density at radius 1 is 1.29 bits per heavy atom. The first-order chi connectivity index (χ1) is 16.4. The van der Waals surface area contributed by atoms with Gasteiger partial charge in [-0.3, -0.25) is 14.5 Å². The number of carbonyl (C=O) groups is 3. The summed E-state index contributed by atoms with van der Waals surface area (Å²) in [6.45, 7) is 9.77. The first-order valence-corrected chi connectivity index (χ1v) is 11.6. The third kappa shape index (κ3) is 5.06. The molecule has 0 saturated heterocycles. The monoisotopic (exact) mass is 492 g/mol. The Balaban J connectivity index is 2.13. The Morgan fingerprint density at radius 2 is 1.94 bits per heavy atom. The Bertz CT molecular complexity index is 1050. The van der Waals surface area contributed by atoms with Crippen molar-refractivity contribution >= 4 is 17.8 Å². The number of rotatable bonds is 8. The molecule has 1 aromatic carbocycles. The lowest BCUT2D eigenvalue weighted by atomic mass is 9.91. The number of carbonyl (C=O) groups excluding carboxylic acids is 3. The molecule has 0 bridgehead atoms. The summed E-state index contributed by atoms with van der Waals surface area (Å²) < 4.78 is 41.5. The van der Waals surface area contributed by atoms with Crippen LogP contribution < -0.4 is 5.32 Å². The lowest BCUT2D eigenvalue weighted by Gasteiger charge is -2.33. The molecule has 35 heavy (non-hydrogen) atoms. The number of urea groups is 1.